The Labute approximate surface area is 118 Å². The van der Waals surface area contributed by atoms with E-state index in [1.165, 1.54) is 6.07 Å². The Kier molecular flexibility index (Phi) is 4.38. The Morgan fingerprint density at radius 2 is 1.94 bits per heavy atom. The highest BCUT2D eigenvalue weighted by atomic mass is 79.9. The Morgan fingerprint density at radius 3 is 2.61 bits per heavy atom. The van der Waals surface area contributed by atoms with Crippen molar-refractivity contribution in [3.63, 3.8) is 0 Å². The first-order valence-corrected chi connectivity index (χ1v) is 6.61. The van der Waals surface area contributed by atoms with Gasteiger partial charge in [-0.25, -0.2) is 4.39 Å². The maximum atomic E-state index is 13.5. The van der Waals surface area contributed by atoms with Crippen molar-refractivity contribution < 1.29 is 9.50 Å². The fourth-order valence-corrected chi connectivity index (χ4v) is 2.15. The van der Waals surface area contributed by atoms with Gasteiger partial charge >= 0.3 is 0 Å². The molecule has 1 N–H and O–H groups in total. The van der Waals surface area contributed by atoms with Crippen LogP contribution in [0.1, 0.15) is 17.2 Å². The summed E-state index contributed by atoms with van der Waals surface area (Å²) in [4.78, 5) is 0. The molecule has 0 bridgehead atoms. The predicted molar refractivity (Wildman–Crippen MR) is 74.2 cm³/mol. The van der Waals surface area contributed by atoms with Crippen LogP contribution < -0.4 is 0 Å². The Bertz CT molecular complexity index is 559. The van der Waals surface area contributed by atoms with E-state index >= 15 is 0 Å². The normalized spacial score (nSPS) is 12.4. The highest BCUT2D eigenvalue weighted by Gasteiger charge is 2.12. The molecule has 4 heteroatoms. The van der Waals surface area contributed by atoms with E-state index < -0.39 is 6.10 Å². The fraction of sp³-hybridized carbons (Fsp3) is 0.143. The zero-order valence-corrected chi connectivity index (χ0v) is 11.7. The van der Waals surface area contributed by atoms with E-state index in [1.807, 2.05) is 0 Å². The lowest BCUT2D eigenvalue weighted by molar-refractivity contribution is 0.177. The van der Waals surface area contributed by atoms with E-state index in [0.29, 0.717) is 16.1 Å². The standard InChI is InChI=1S/C14H11BrClFO/c15-11-6-5-10(7-12(11)16)14(18)8-9-3-1-2-4-13(9)17/h1-7,14,18H,8H2. The molecule has 0 aliphatic heterocycles. The van der Waals surface area contributed by atoms with Crippen molar-refractivity contribution in [3.05, 3.63) is 68.9 Å². The van der Waals surface area contributed by atoms with Gasteiger partial charge in [-0.3, -0.25) is 0 Å². The molecule has 0 saturated carbocycles. The molecule has 0 fully saturated rings. The van der Waals surface area contributed by atoms with Crippen LogP contribution in [0.15, 0.2) is 46.9 Å². The first kappa shape index (κ1) is 13.5. The Balaban J connectivity index is 2.19. The van der Waals surface area contributed by atoms with Gasteiger partial charge in [-0.2, -0.15) is 0 Å². The number of rotatable bonds is 3. The molecule has 0 aromatic heterocycles. The molecule has 1 unspecified atom stereocenters. The van der Waals surface area contributed by atoms with Crippen molar-refractivity contribution in [3.8, 4) is 0 Å². The summed E-state index contributed by atoms with van der Waals surface area (Å²) in [6, 6.07) is 11.6. The Hall–Kier alpha value is -0.900. The monoisotopic (exact) mass is 328 g/mol. The summed E-state index contributed by atoms with van der Waals surface area (Å²) < 4.78 is 14.2. The van der Waals surface area contributed by atoms with Crippen LogP contribution in [0.4, 0.5) is 4.39 Å². The second-order valence-corrected chi connectivity index (χ2v) is 5.25. The van der Waals surface area contributed by atoms with Gasteiger partial charge in [0.2, 0.25) is 0 Å². The predicted octanol–water partition coefficient (Wildman–Crippen LogP) is 4.52. The summed E-state index contributed by atoms with van der Waals surface area (Å²) >= 11 is 9.24. The number of halogens is 3. The first-order valence-electron chi connectivity index (χ1n) is 5.44. The Morgan fingerprint density at radius 1 is 1.22 bits per heavy atom. The molecule has 2 aromatic rings. The van der Waals surface area contributed by atoms with Gasteiger partial charge < -0.3 is 5.11 Å². The molecule has 0 spiro atoms. The lowest BCUT2D eigenvalue weighted by atomic mass is 10.0. The topological polar surface area (TPSA) is 20.2 Å². The molecule has 0 heterocycles. The number of benzene rings is 2. The molecule has 0 saturated heterocycles. The molecule has 0 amide bonds. The average molecular weight is 330 g/mol. The second-order valence-electron chi connectivity index (χ2n) is 3.98. The van der Waals surface area contributed by atoms with Crippen molar-refractivity contribution in [1.29, 1.82) is 0 Å². The van der Waals surface area contributed by atoms with Gasteiger partial charge in [0, 0.05) is 10.9 Å². The second kappa shape index (κ2) is 5.83. The number of aliphatic hydroxyl groups excluding tert-OH is 1. The van der Waals surface area contributed by atoms with E-state index in [9.17, 15) is 9.50 Å². The molecule has 94 valence electrons. The summed E-state index contributed by atoms with van der Waals surface area (Å²) in [5, 5.41) is 10.6. The largest absolute Gasteiger partial charge is 0.388 e. The van der Waals surface area contributed by atoms with Crippen molar-refractivity contribution >= 4 is 27.5 Å². The quantitative estimate of drug-likeness (QED) is 0.878. The fourth-order valence-electron chi connectivity index (χ4n) is 1.71. The molecule has 2 rings (SSSR count). The van der Waals surface area contributed by atoms with E-state index in [0.717, 1.165) is 4.47 Å². The van der Waals surface area contributed by atoms with Gasteiger partial charge in [0.15, 0.2) is 0 Å². The molecule has 0 aliphatic rings. The van der Waals surface area contributed by atoms with Crippen molar-refractivity contribution in [2.45, 2.75) is 12.5 Å². The van der Waals surface area contributed by atoms with Crippen LogP contribution in [0.25, 0.3) is 0 Å². The van der Waals surface area contributed by atoms with Crippen LogP contribution in [-0.2, 0) is 6.42 Å². The minimum Gasteiger partial charge on any atom is -0.388 e. The number of hydrogen-bond acceptors (Lipinski definition) is 1. The van der Waals surface area contributed by atoms with E-state index in [-0.39, 0.29) is 12.2 Å². The minimum absolute atomic E-state index is 0.227. The summed E-state index contributed by atoms with van der Waals surface area (Å²) in [7, 11) is 0. The summed E-state index contributed by atoms with van der Waals surface area (Å²) in [5.41, 5.74) is 1.16. The minimum atomic E-state index is -0.771. The highest BCUT2D eigenvalue weighted by Crippen LogP contribution is 2.27. The molecule has 2 aromatic carbocycles. The summed E-state index contributed by atoms with van der Waals surface area (Å²) in [5.74, 6) is -0.306. The lowest BCUT2D eigenvalue weighted by Gasteiger charge is -2.12. The van der Waals surface area contributed by atoms with E-state index in [4.69, 9.17) is 11.6 Å². The van der Waals surface area contributed by atoms with Gasteiger partial charge in [-0.1, -0.05) is 35.9 Å². The third kappa shape index (κ3) is 3.10. The smallest absolute Gasteiger partial charge is 0.126 e. The van der Waals surface area contributed by atoms with Crippen LogP contribution in [0.5, 0.6) is 0 Å². The van der Waals surface area contributed by atoms with Crippen molar-refractivity contribution in [2.24, 2.45) is 0 Å². The summed E-state index contributed by atoms with van der Waals surface area (Å²) in [6.07, 6.45) is -0.544. The zero-order chi connectivity index (χ0) is 13.1. The maximum absolute atomic E-state index is 13.5. The van der Waals surface area contributed by atoms with Gasteiger partial charge in [0.1, 0.15) is 5.82 Å². The first-order chi connectivity index (χ1) is 8.58. The highest BCUT2D eigenvalue weighted by molar-refractivity contribution is 9.10. The summed E-state index contributed by atoms with van der Waals surface area (Å²) in [6.45, 7) is 0. The van der Waals surface area contributed by atoms with Gasteiger partial charge in [-0.05, 0) is 45.3 Å². The van der Waals surface area contributed by atoms with Crippen molar-refractivity contribution in [2.75, 3.05) is 0 Å². The SMILES string of the molecule is OC(Cc1ccccc1F)c1ccc(Br)c(Cl)c1. The number of hydrogen-bond donors (Lipinski definition) is 1. The molecule has 0 radical (unpaired) electrons. The van der Waals surface area contributed by atoms with Crippen LogP contribution >= 0.6 is 27.5 Å². The van der Waals surface area contributed by atoms with E-state index in [2.05, 4.69) is 15.9 Å². The lowest BCUT2D eigenvalue weighted by Crippen LogP contribution is -2.03. The number of aliphatic hydroxyl groups is 1. The van der Waals surface area contributed by atoms with Crippen LogP contribution in [-0.4, -0.2) is 5.11 Å². The molecular formula is C14H11BrClFO. The van der Waals surface area contributed by atoms with Gasteiger partial charge in [0.25, 0.3) is 0 Å². The van der Waals surface area contributed by atoms with Crippen LogP contribution in [0.3, 0.4) is 0 Å². The third-order valence-electron chi connectivity index (χ3n) is 2.70. The molecule has 18 heavy (non-hydrogen) atoms. The molecule has 0 aliphatic carbocycles. The van der Waals surface area contributed by atoms with Gasteiger partial charge in [0.05, 0.1) is 11.1 Å². The van der Waals surface area contributed by atoms with Crippen molar-refractivity contribution in [1.82, 2.24) is 0 Å². The molecular weight excluding hydrogens is 319 g/mol. The van der Waals surface area contributed by atoms with E-state index in [1.54, 1.807) is 36.4 Å². The maximum Gasteiger partial charge on any atom is 0.126 e. The molecule has 1 atom stereocenters. The third-order valence-corrected chi connectivity index (χ3v) is 3.93. The van der Waals surface area contributed by atoms with Gasteiger partial charge in [-0.15, -0.1) is 0 Å². The molecule has 1 nitrogen and oxygen atoms in total. The van der Waals surface area contributed by atoms with Crippen LogP contribution in [0, 0.1) is 5.82 Å². The average Bonchev–Trinajstić information content (AvgIpc) is 2.35. The van der Waals surface area contributed by atoms with Crippen LogP contribution in [0.2, 0.25) is 5.02 Å². The zero-order valence-electron chi connectivity index (χ0n) is 9.41.